The zero-order chi connectivity index (χ0) is 21.3. The van der Waals surface area contributed by atoms with Crippen LogP contribution in [0.5, 0.6) is 0 Å². The molecule has 0 aromatic rings. The molecule has 0 aromatic carbocycles. The molecule has 4 aliphatic carbocycles. The number of aliphatic hydroxyl groups excluding tert-OH is 1. The van der Waals surface area contributed by atoms with Gasteiger partial charge in [-0.2, -0.15) is 0 Å². The second-order valence-corrected chi connectivity index (χ2v) is 12.5. The van der Waals surface area contributed by atoms with Crippen molar-refractivity contribution < 1.29 is 9.90 Å². The highest BCUT2D eigenvalue weighted by molar-refractivity contribution is 5.87. The van der Waals surface area contributed by atoms with Gasteiger partial charge in [0.05, 0.1) is 6.10 Å². The molecule has 0 saturated heterocycles. The lowest BCUT2D eigenvalue weighted by molar-refractivity contribution is -0.159. The standard InChI is InChI=1S/C27H43NO2/c1-16-5-8-24(28-15-16)17(2)20-6-7-21-19-14-25(30)23-13-18(29)9-11-27(23,4)22(19)10-12-26(20,21)3/h16-23,29H,5-15H2,1-4H3/t16-,17-,18+,19+,20-,21+,22+,23-,26-,27-/m1/s1. The first-order valence-corrected chi connectivity index (χ1v) is 13.0. The van der Waals surface area contributed by atoms with Gasteiger partial charge in [-0.25, -0.2) is 0 Å². The van der Waals surface area contributed by atoms with E-state index < -0.39 is 0 Å². The van der Waals surface area contributed by atoms with Crippen molar-refractivity contribution in [3.8, 4) is 0 Å². The van der Waals surface area contributed by atoms with E-state index in [2.05, 4.69) is 27.7 Å². The van der Waals surface area contributed by atoms with Crippen LogP contribution in [-0.2, 0) is 4.79 Å². The van der Waals surface area contributed by atoms with Crippen LogP contribution in [0, 0.1) is 52.3 Å². The van der Waals surface area contributed by atoms with Crippen molar-refractivity contribution in [2.24, 2.45) is 57.2 Å². The summed E-state index contributed by atoms with van der Waals surface area (Å²) >= 11 is 0. The van der Waals surface area contributed by atoms with Gasteiger partial charge in [0.15, 0.2) is 0 Å². The van der Waals surface area contributed by atoms with Gasteiger partial charge in [-0.05, 0) is 104 Å². The van der Waals surface area contributed by atoms with Gasteiger partial charge >= 0.3 is 0 Å². The number of aliphatic hydroxyl groups is 1. The molecule has 5 aliphatic rings. The van der Waals surface area contributed by atoms with Crippen molar-refractivity contribution in [1.82, 2.24) is 0 Å². The van der Waals surface area contributed by atoms with E-state index in [4.69, 9.17) is 4.99 Å². The first-order chi connectivity index (χ1) is 14.2. The molecule has 1 heterocycles. The summed E-state index contributed by atoms with van der Waals surface area (Å²) in [6, 6.07) is 0. The van der Waals surface area contributed by atoms with Crippen LogP contribution in [0.15, 0.2) is 4.99 Å². The monoisotopic (exact) mass is 413 g/mol. The summed E-state index contributed by atoms with van der Waals surface area (Å²) in [5.74, 6) is 4.66. The molecule has 30 heavy (non-hydrogen) atoms. The van der Waals surface area contributed by atoms with Crippen molar-refractivity contribution >= 4 is 11.5 Å². The average molecular weight is 414 g/mol. The van der Waals surface area contributed by atoms with Crippen LogP contribution in [0.4, 0.5) is 0 Å². The number of carbonyl (C=O) groups excluding carboxylic acids is 1. The summed E-state index contributed by atoms with van der Waals surface area (Å²) in [7, 11) is 0. The van der Waals surface area contributed by atoms with Gasteiger partial charge in [0.25, 0.3) is 0 Å². The Hall–Kier alpha value is -0.700. The van der Waals surface area contributed by atoms with E-state index in [0.717, 1.165) is 44.1 Å². The Morgan fingerprint density at radius 3 is 2.50 bits per heavy atom. The molecule has 0 aromatic heterocycles. The van der Waals surface area contributed by atoms with Gasteiger partial charge in [0.1, 0.15) is 5.78 Å². The highest BCUT2D eigenvalue weighted by Crippen LogP contribution is 2.67. The van der Waals surface area contributed by atoms with Crippen molar-refractivity contribution in [2.75, 3.05) is 6.54 Å². The van der Waals surface area contributed by atoms with Crippen molar-refractivity contribution in [3.05, 3.63) is 0 Å². The van der Waals surface area contributed by atoms with Gasteiger partial charge in [-0.3, -0.25) is 9.79 Å². The van der Waals surface area contributed by atoms with E-state index in [-0.39, 0.29) is 17.4 Å². The topological polar surface area (TPSA) is 49.7 Å². The molecule has 1 aliphatic heterocycles. The molecule has 1 N–H and O–H groups in total. The third kappa shape index (κ3) is 3.08. The minimum Gasteiger partial charge on any atom is -0.393 e. The highest BCUT2D eigenvalue weighted by Gasteiger charge is 2.62. The molecule has 3 heteroatoms. The fourth-order valence-electron chi connectivity index (χ4n) is 9.32. The molecular weight excluding hydrogens is 370 g/mol. The zero-order valence-corrected chi connectivity index (χ0v) is 19.7. The SMILES string of the molecule is C[C@@H]1CCC([C@H](C)[C@H]2CC[C@H]3[C@@H]4CC(=O)[C@H]5C[C@@H](O)CC[C@]5(C)[C@H]4CC[C@]23C)=NC1. The molecule has 4 fully saturated rings. The third-order valence-electron chi connectivity index (χ3n) is 11.1. The van der Waals surface area contributed by atoms with Crippen LogP contribution in [0.2, 0.25) is 0 Å². The van der Waals surface area contributed by atoms with Crippen molar-refractivity contribution in [3.63, 3.8) is 0 Å². The molecule has 0 amide bonds. The first-order valence-electron chi connectivity index (χ1n) is 13.0. The van der Waals surface area contributed by atoms with Crippen molar-refractivity contribution in [2.45, 2.75) is 98.0 Å². The summed E-state index contributed by atoms with van der Waals surface area (Å²) in [5.41, 5.74) is 2.01. The van der Waals surface area contributed by atoms with E-state index in [9.17, 15) is 9.90 Å². The quantitative estimate of drug-likeness (QED) is 0.632. The largest absolute Gasteiger partial charge is 0.393 e. The summed E-state index contributed by atoms with van der Waals surface area (Å²) in [4.78, 5) is 18.3. The molecular formula is C27H43NO2. The molecule has 10 atom stereocenters. The van der Waals surface area contributed by atoms with Gasteiger partial charge in [-0.15, -0.1) is 0 Å². The maximum absolute atomic E-state index is 13.3. The predicted octanol–water partition coefficient (Wildman–Crippen LogP) is 5.69. The van der Waals surface area contributed by atoms with Gasteiger partial charge in [-0.1, -0.05) is 27.7 Å². The molecule has 168 valence electrons. The Balaban J connectivity index is 1.39. The minimum atomic E-state index is -0.256. The molecule has 0 bridgehead atoms. The Morgan fingerprint density at radius 1 is 1.03 bits per heavy atom. The molecule has 0 spiro atoms. The van der Waals surface area contributed by atoms with Crippen molar-refractivity contribution in [1.29, 1.82) is 0 Å². The number of Topliss-reactive ketones (excluding diaryl/α,β-unsaturated/α-hetero) is 1. The van der Waals surface area contributed by atoms with Crippen LogP contribution < -0.4 is 0 Å². The van der Waals surface area contributed by atoms with E-state index in [0.29, 0.717) is 34.9 Å². The van der Waals surface area contributed by atoms with E-state index >= 15 is 0 Å². The number of ketones is 1. The first kappa shape index (κ1) is 21.2. The normalized spacial score (nSPS) is 52.1. The fraction of sp³-hybridized carbons (Fsp3) is 0.926. The highest BCUT2D eigenvalue weighted by atomic mass is 16.3. The fourth-order valence-corrected chi connectivity index (χ4v) is 9.32. The maximum Gasteiger partial charge on any atom is 0.136 e. The Bertz CT molecular complexity index is 730. The van der Waals surface area contributed by atoms with Crippen LogP contribution in [0.25, 0.3) is 0 Å². The Morgan fingerprint density at radius 2 is 1.77 bits per heavy atom. The Labute approximate surface area is 183 Å². The van der Waals surface area contributed by atoms with Gasteiger partial charge in [0, 0.05) is 24.6 Å². The number of fused-ring (bicyclic) bond motifs is 5. The number of nitrogens with zero attached hydrogens (tertiary/aromatic N) is 1. The smallest absolute Gasteiger partial charge is 0.136 e. The summed E-state index contributed by atoms with van der Waals surface area (Å²) in [6.07, 6.45) is 11.0. The predicted molar refractivity (Wildman–Crippen MR) is 121 cm³/mol. The molecule has 4 saturated carbocycles. The second kappa shape index (κ2) is 7.42. The lowest BCUT2D eigenvalue weighted by atomic mass is 9.44. The summed E-state index contributed by atoms with van der Waals surface area (Å²) in [5, 5.41) is 10.2. The second-order valence-electron chi connectivity index (χ2n) is 12.5. The van der Waals surface area contributed by atoms with Crippen LogP contribution in [-0.4, -0.2) is 29.3 Å². The van der Waals surface area contributed by atoms with Crippen LogP contribution >= 0.6 is 0 Å². The van der Waals surface area contributed by atoms with Crippen LogP contribution in [0.1, 0.15) is 91.9 Å². The molecule has 5 rings (SSSR count). The minimum absolute atomic E-state index is 0.113. The van der Waals surface area contributed by atoms with Gasteiger partial charge in [0.2, 0.25) is 0 Å². The lowest BCUT2D eigenvalue weighted by Crippen LogP contribution is -2.57. The number of carbonyl (C=O) groups is 1. The third-order valence-corrected chi connectivity index (χ3v) is 11.1. The van der Waals surface area contributed by atoms with Gasteiger partial charge < -0.3 is 5.11 Å². The average Bonchev–Trinajstić information content (AvgIpc) is 3.07. The maximum atomic E-state index is 13.3. The zero-order valence-electron chi connectivity index (χ0n) is 19.7. The molecule has 0 radical (unpaired) electrons. The number of aliphatic imine (C=N–C) groups is 1. The van der Waals surface area contributed by atoms with E-state index in [1.165, 1.54) is 44.2 Å². The molecule has 0 unspecified atom stereocenters. The summed E-state index contributed by atoms with van der Waals surface area (Å²) in [6.45, 7) is 10.8. The Kier molecular flexibility index (Phi) is 5.24. The van der Waals surface area contributed by atoms with E-state index in [1.807, 2.05) is 0 Å². The lowest BCUT2D eigenvalue weighted by Gasteiger charge is -2.60. The number of hydrogen-bond acceptors (Lipinski definition) is 3. The van der Waals surface area contributed by atoms with E-state index in [1.54, 1.807) is 0 Å². The summed E-state index contributed by atoms with van der Waals surface area (Å²) < 4.78 is 0. The number of hydrogen-bond donors (Lipinski definition) is 1. The van der Waals surface area contributed by atoms with Crippen LogP contribution in [0.3, 0.4) is 0 Å². The molecule has 3 nitrogen and oxygen atoms in total. The number of rotatable bonds is 2.